The lowest BCUT2D eigenvalue weighted by Crippen LogP contribution is -2.13. The molecule has 0 saturated carbocycles. The van der Waals surface area contributed by atoms with Crippen LogP contribution in [0.4, 0.5) is 5.82 Å². The summed E-state index contributed by atoms with van der Waals surface area (Å²) in [5, 5.41) is 12.8. The summed E-state index contributed by atoms with van der Waals surface area (Å²) in [4.78, 5) is 11.0. The number of anilines is 1. The van der Waals surface area contributed by atoms with Gasteiger partial charge in [-0.2, -0.15) is 10.4 Å². The van der Waals surface area contributed by atoms with Crippen LogP contribution < -0.4 is 11.5 Å². The molecule has 84 valence electrons. The Morgan fingerprint density at radius 1 is 1.47 bits per heavy atom. The summed E-state index contributed by atoms with van der Waals surface area (Å²) in [6, 6.07) is 8.74. The highest BCUT2D eigenvalue weighted by Crippen LogP contribution is 2.17. The van der Waals surface area contributed by atoms with E-state index in [2.05, 4.69) is 5.10 Å². The van der Waals surface area contributed by atoms with Crippen molar-refractivity contribution in [2.45, 2.75) is 0 Å². The van der Waals surface area contributed by atoms with Gasteiger partial charge in [0.05, 0.1) is 23.5 Å². The average Bonchev–Trinajstić information content (AvgIpc) is 2.71. The van der Waals surface area contributed by atoms with Crippen LogP contribution in [0.3, 0.4) is 0 Å². The highest BCUT2D eigenvalue weighted by molar-refractivity contribution is 5.97. The van der Waals surface area contributed by atoms with Crippen LogP contribution in [0.5, 0.6) is 0 Å². The first-order valence-corrected chi connectivity index (χ1v) is 4.77. The number of rotatable bonds is 2. The molecule has 0 aliphatic rings. The molecule has 1 heterocycles. The summed E-state index contributed by atoms with van der Waals surface area (Å²) in [6.07, 6.45) is 1.30. The van der Waals surface area contributed by atoms with Gasteiger partial charge in [0.1, 0.15) is 11.4 Å². The number of aromatic nitrogens is 2. The third-order valence-electron chi connectivity index (χ3n) is 2.29. The first-order valence-electron chi connectivity index (χ1n) is 4.77. The van der Waals surface area contributed by atoms with Crippen LogP contribution in [0.2, 0.25) is 0 Å². The monoisotopic (exact) mass is 227 g/mol. The van der Waals surface area contributed by atoms with E-state index in [4.69, 9.17) is 16.7 Å². The Morgan fingerprint density at radius 3 is 2.82 bits per heavy atom. The lowest BCUT2D eigenvalue weighted by molar-refractivity contribution is 0.100. The largest absolute Gasteiger partial charge is 0.383 e. The van der Waals surface area contributed by atoms with E-state index in [9.17, 15) is 4.79 Å². The third-order valence-corrected chi connectivity index (χ3v) is 2.29. The Bertz CT molecular complexity index is 623. The summed E-state index contributed by atoms with van der Waals surface area (Å²) >= 11 is 0. The molecule has 1 aromatic carbocycles. The van der Waals surface area contributed by atoms with Crippen molar-refractivity contribution in [3.05, 3.63) is 41.6 Å². The van der Waals surface area contributed by atoms with Crippen molar-refractivity contribution >= 4 is 11.7 Å². The van der Waals surface area contributed by atoms with E-state index in [1.807, 2.05) is 6.07 Å². The topological polar surface area (TPSA) is 111 Å². The normalized spacial score (nSPS) is 9.82. The Hall–Kier alpha value is -2.81. The number of nitrogen functional groups attached to an aromatic ring is 1. The van der Waals surface area contributed by atoms with Gasteiger partial charge in [0.15, 0.2) is 0 Å². The number of carbonyl (C=O) groups is 1. The molecule has 4 N–H and O–H groups in total. The molecule has 0 unspecified atom stereocenters. The molecule has 0 radical (unpaired) electrons. The zero-order valence-corrected chi connectivity index (χ0v) is 8.79. The predicted molar refractivity (Wildman–Crippen MR) is 61.2 cm³/mol. The van der Waals surface area contributed by atoms with E-state index < -0.39 is 5.91 Å². The summed E-state index contributed by atoms with van der Waals surface area (Å²) < 4.78 is 1.36. The molecule has 0 aliphatic carbocycles. The van der Waals surface area contributed by atoms with Crippen molar-refractivity contribution in [2.75, 3.05) is 5.73 Å². The zero-order valence-electron chi connectivity index (χ0n) is 8.79. The van der Waals surface area contributed by atoms with Crippen molar-refractivity contribution in [1.82, 2.24) is 9.78 Å². The van der Waals surface area contributed by atoms with E-state index in [-0.39, 0.29) is 11.4 Å². The van der Waals surface area contributed by atoms with Crippen molar-refractivity contribution in [3.8, 4) is 11.8 Å². The SMILES string of the molecule is N#Cc1cccc(-n2ncc(C(N)=O)c2N)c1. The van der Waals surface area contributed by atoms with Gasteiger partial charge >= 0.3 is 0 Å². The lowest BCUT2D eigenvalue weighted by atomic mass is 10.2. The third kappa shape index (κ3) is 1.81. The summed E-state index contributed by atoms with van der Waals surface area (Å²) in [5.74, 6) is -0.474. The molecule has 1 aromatic heterocycles. The summed E-state index contributed by atoms with van der Waals surface area (Å²) in [7, 11) is 0. The van der Waals surface area contributed by atoms with E-state index in [0.29, 0.717) is 11.3 Å². The number of benzene rings is 1. The van der Waals surface area contributed by atoms with E-state index in [1.54, 1.807) is 24.3 Å². The van der Waals surface area contributed by atoms with Crippen molar-refractivity contribution in [2.24, 2.45) is 5.73 Å². The highest BCUT2D eigenvalue weighted by atomic mass is 16.1. The van der Waals surface area contributed by atoms with Gasteiger partial charge in [0.2, 0.25) is 0 Å². The molecule has 0 saturated heterocycles. The summed E-state index contributed by atoms with van der Waals surface area (Å²) in [6.45, 7) is 0. The van der Waals surface area contributed by atoms with Crippen LogP contribution in [-0.4, -0.2) is 15.7 Å². The minimum Gasteiger partial charge on any atom is -0.383 e. The number of hydrogen-bond acceptors (Lipinski definition) is 4. The second-order valence-electron chi connectivity index (χ2n) is 3.38. The molecule has 2 aromatic rings. The van der Waals surface area contributed by atoms with Gasteiger partial charge < -0.3 is 11.5 Å². The number of primary amides is 1. The smallest absolute Gasteiger partial charge is 0.254 e. The van der Waals surface area contributed by atoms with Crippen molar-refractivity contribution < 1.29 is 4.79 Å². The fourth-order valence-electron chi connectivity index (χ4n) is 1.46. The molecular weight excluding hydrogens is 218 g/mol. The highest BCUT2D eigenvalue weighted by Gasteiger charge is 2.13. The molecule has 2 rings (SSSR count). The fourth-order valence-corrected chi connectivity index (χ4v) is 1.46. The van der Waals surface area contributed by atoms with E-state index in [1.165, 1.54) is 10.9 Å². The van der Waals surface area contributed by atoms with E-state index in [0.717, 1.165) is 0 Å². The molecular formula is C11H9N5O. The van der Waals surface area contributed by atoms with Crippen LogP contribution in [-0.2, 0) is 0 Å². The Kier molecular flexibility index (Phi) is 2.51. The summed E-state index contributed by atoms with van der Waals surface area (Å²) in [5.41, 5.74) is 12.1. The fraction of sp³-hybridized carbons (Fsp3) is 0. The van der Waals surface area contributed by atoms with Gasteiger partial charge in [0.25, 0.3) is 5.91 Å². The molecule has 0 fully saturated rings. The van der Waals surface area contributed by atoms with Crippen molar-refractivity contribution in [1.29, 1.82) is 5.26 Å². The molecule has 1 amide bonds. The number of hydrogen-bond donors (Lipinski definition) is 2. The Labute approximate surface area is 97.1 Å². The maximum Gasteiger partial charge on any atom is 0.254 e. The predicted octanol–water partition coefficient (Wildman–Crippen LogP) is 0.425. The van der Waals surface area contributed by atoms with Crippen LogP contribution >= 0.6 is 0 Å². The van der Waals surface area contributed by atoms with Crippen LogP contribution in [0.15, 0.2) is 30.5 Å². The van der Waals surface area contributed by atoms with Gasteiger partial charge in [-0.05, 0) is 18.2 Å². The number of nitrogens with two attached hydrogens (primary N) is 2. The number of amides is 1. The molecule has 0 spiro atoms. The molecule has 0 aliphatic heterocycles. The maximum absolute atomic E-state index is 11.0. The molecule has 6 heteroatoms. The quantitative estimate of drug-likeness (QED) is 0.774. The van der Waals surface area contributed by atoms with Gasteiger partial charge in [-0.15, -0.1) is 0 Å². The second-order valence-corrected chi connectivity index (χ2v) is 3.38. The van der Waals surface area contributed by atoms with Gasteiger partial charge in [-0.3, -0.25) is 4.79 Å². The standard InChI is InChI=1S/C11H9N5O/c12-5-7-2-1-3-8(4-7)16-10(13)9(6-15-16)11(14)17/h1-4,6H,13H2,(H2,14,17). The lowest BCUT2D eigenvalue weighted by Gasteiger charge is -2.04. The molecule has 0 bridgehead atoms. The zero-order chi connectivity index (χ0) is 12.4. The Balaban J connectivity index is 2.54. The average molecular weight is 227 g/mol. The molecule has 17 heavy (non-hydrogen) atoms. The number of nitrogens with zero attached hydrogens (tertiary/aromatic N) is 3. The van der Waals surface area contributed by atoms with Gasteiger partial charge in [0, 0.05) is 0 Å². The van der Waals surface area contributed by atoms with E-state index >= 15 is 0 Å². The van der Waals surface area contributed by atoms with Crippen LogP contribution in [0.25, 0.3) is 5.69 Å². The molecule has 0 atom stereocenters. The van der Waals surface area contributed by atoms with Gasteiger partial charge in [-0.25, -0.2) is 4.68 Å². The second kappa shape index (κ2) is 3.98. The maximum atomic E-state index is 11.0. The molecule has 6 nitrogen and oxygen atoms in total. The van der Waals surface area contributed by atoms with Crippen LogP contribution in [0.1, 0.15) is 15.9 Å². The minimum atomic E-state index is -0.634. The van der Waals surface area contributed by atoms with Gasteiger partial charge in [-0.1, -0.05) is 6.07 Å². The number of carbonyl (C=O) groups excluding carboxylic acids is 1. The van der Waals surface area contributed by atoms with Crippen molar-refractivity contribution in [3.63, 3.8) is 0 Å². The first-order chi connectivity index (χ1) is 8.13. The first kappa shape index (κ1) is 10.7. The Morgan fingerprint density at radius 2 is 2.24 bits per heavy atom. The van der Waals surface area contributed by atoms with Crippen LogP contribution in [0, 0.1) is 11.3 Å². The number of nitriles is 1. The minimum absolute atomic E-state index is 0.160.